The Bertz CT molecular complexity index is 1030. The average molecular weight is 473 g/mol. The van der Waals surface area contributed by atoms with E-state index in [1.54, 1.807) is 30.9 Å². The Morgan fingerprint density at radius 3 is 2.32 bits per heavy atom. The fourth-order valence-corrected chi connectivity index (χ4v) is 3.41. The third-order valence-corrected chi connectivity index (χ3v) is 4.60. The van der Waals surface area contributed by atoms with Crippen LogP contribution in [0.15, 0.2) is 30.9 Å². The molecule has 13 nitrogen and oxygen atoms in total. The lowest BCUT2D eigenvalue weighted by atomic mass is 10.1. The molecule has 0 spiro atoms. The van der Waals surface area contributed by atoms with Crippen molar-refractivity contribution in [3.05, 3.63) is 30.9 Å². The van der Waals surface area contributed by atoms with Crippen LogP contribution in [-0.2, 0) is 9.59 Å². The molecule has 182 valence electrons. The van der Waals surface area contributed by atoms with Crippen LogP contribution in [0.2, 0.25) is 0 Å². The van der Waals surface area contributed by atoms with Crippen LogP contribution in [0.4, 0.5) is 5.95 Å². The number of hydrogen-bond donors (Lipinski definition) is 5. The van der Waals surface area contributed by atoms with Crippen molar-refractivity contribution < 1.29 is 24.9 Å². The van der Waals surface area contributed by atoms with Gasteiger partial charge in [0.2, 0.25) is 5.95 Å². The van der Waals surface area contributed by atoms with Gasteiger partial charge in [0.25, 0.3) is 12.9 Å². The lowest BCUT2D eigenvalue weighted by Gasteiger charge is -2.25. The summed E-state index contributed by atoms with van der Waals surface area (Å²) in [5.41, 5.74) is 2.48. The van der Waals surface area contributed by atoms with E-state index in [4.69, 9.17) is 19.8 Å². The summed E-state index contributed by atoms with van der Waals surface area (Å²) in [6, 6.07) is 2.04. The van der Waals surface area contributed by atoms with E-state index < -0.39 is 0 Å². The first-order chi connectivity index (χ1) is 16.2. The highest BCUT2D eigenvalue weighted by atomic mass is 16.3. The monoisotopic (exact) mass is 472 g/mol. The minimum Gasteiger partial charge on any atom is -0.506 e. The van der Waals surface area contributed by atoms with Gasteiger partial charge >= 0.3 is 0 Å². The SMILES string of the molecule is CC(C)(C)NC1CCN(c2ncc(-c3ncc(-c4cn[nH]c4)cc3O)nn2)C1.O=CO.O=CO. The lowest BCUT2D eigenvalue weighted by Crippen LogP contribution is -2.45. The highest BCUT2D eigenvalue weighted by Crippen LogP contribution is 2.29. The average Bonchev–Trinajstić information content (AvgIpc) is 3.46. The first-order valence-electron chi connectivity index (χ1n) is 10.3. The molecule has 0 radical (unpaired) electrons. The highest BCUT2D eigenvalue weighted by molar-refractivity contribution is 5.69. The number of nitrogens with one attached hydrogen (secondary N) is 2. The van der Waals surface area contributed by atoms with Crippen molar-refractivity contribution in [2.45, 2.75) is 38.8 Å². The van der Waals surface area contributed by atoms with Crippen LogP contribution in [0.5, 0.6) is 5.75 Å². The lowest BCUT2D eigenvalue weighted by molar-refractivity contribution is -0.123. The maximum Gasteiger partial charge on any atom is 0.290 e. The Morgan fingerprint density at radius 1 is 1.09 bits per heavy atom. The number of rotatable bonds is 4. The molecule has 34 heavy (non-hydrogen) atoms. The molecule has 1 aliphatic heterocycles. The van der Waals surface area contributed by atoms with E-state index in [-0.39, 0.29) is 24.2 Å². The topological polar surface area (TPSA) is 190 Å². The highest BCUT2D eigenvalue weighted by Gasteiger charge is 2.27. The number of hydrogen-bond acceptors (Lipinski definition) is 10. The second-order valence-electron chi connectivity index (χ2n) is 8.26. The van der Waals surface area contributed by atoms with Gasteiger partial charge in [-0.3, -0.25) is 14.7 Å². The summed E-state index contributed by atoms with van der Waals surface area (Å²) < 4.78 is 0. The van der Waals surface area contributed by atoms with Crippen LogP contribution in [-0.4, -0.2) is 83.3 Å². The van der Waals surface area contributed by atoms with Crippen molar-refractivity contribution in [1.82, 2.24) is 35.7 Å². The van der Waals surface area contributed by atoms with Crippen LogP contribution in [0.25, 0.3) is 22.5 Å². The molecule has 0 aromatic carbocycles. The molecule has 0 aliphatic carbocycles. The van der Waals surface area contributed by atoms with Gasteiger partial charge in [-0.2, -0.15) is 5.10 Å². The summed E-state index contributed by atoms with van der Waals surface area (Å²) >= 11 is 0. The Hall–Kier alpha value is -4.13. The van der Waals surface area contributed by atoms with Crippen molar-refractivity contribution in [2.75, 3.05) is 18.0 Å². The zero-order chi connectivity index (χ0) is 25.1. The van der Waals surface area contributed by atoms with Gasteiger partial charge in [0.15, 0.2) is 0 Å². The fraction of sp³-hybridized carbons (Fsp3) is 0.381. The normalized spacial score (nSPS) is 14.9. The predicted octanol–water partition coefficient (Wildman–Crippen LogP) is 1.40. The van der Waals surface area contributed by atoms with Gasteiger partial charge in [0.1, 0.15) is 17.1 Å². The van der Waals surface area contributed by atoms with Crippen LogP contribution >= 0.6 is 0 Å². The summed E-state index contributed by atoms with van der Waals surface area (Å²) in [5.74, 6) is 0.620. The second-order valence-corrected chi connectivity index (χ2v) is 8.26. The zero-order valence-electron chi connectivity index (χ0n) is 19.1. The van der Waals surface area contributed by atoms with Gasteiger partial charge in [0.05, 0.1) is 12.4 Å². The molecule has 4 rings (SSSR count). The van der Waals surface area contributed by atoms with Crippen molar-refractivity contribution in [3.63, 3.8) is 0 Å². The van der Waals surface area contributed by atoms with Gasteiger partial charge in [-0.15, -0.1) is 10.2 Å². The Labute approximate surface area is 195 Å². The molecule has 3 aromatic rings. The summed E-state index contributed by atoms with van der Waals surface area (Å²) in [5, 5.41) is 42.9. The van der Waals surface area contributed by atoms with Gasteiger partial charge in [-0.1, -0.05) is 0 Å². The third-order valence-electron chi connectivity index (χ3n) is 4.60. The van der Waals surface area contributed by atoms with Crippen molar-refractivity contribution >= 4 is 18.9 Å². The molecule has 5 N–H and O–H groups in total. The van der Waals surface area contributed by atoms with Crippen molar-refractivity contribution in [1.29, 1.82) is 0 Å². The first-order valence-corrected chi connectivity index (χ1v) is 10.3. The van der Waals surface area contributed by atoms with E-state index in [0.717, 1.165) is 30.6 Å². The maximum absolute atomic E-state index is 10.4. The third kappa shape index (κ3) is 7.48. The molecular formula is C21H28N8O5. The number of anilines is 1. The number of carboxylic acid groups (broad SMARTS) is 2. The molecular weight excluding hydrogens is 444 g/mol. The van der Waals surface area contributed by atoms with Crippen LogP contribution in [0.1, 0.15) is 27.2 Å². The summed E-state index contributed by atoms with van der Waals surface area (Å²) in [7, 11) is 0. The van der Waals surface area contributed by atoms with E-state index in [1.807, 2.05) is 0 Å². The summed E-state index contributed by atoms with van der Waals surface area (Å²) in [4.78, 5) is 27.6. The standard InChI is InChI=1S/C19H24N8O.2CH2O2/c1-19(2,3)24-14-4-5-27(11-14)18-21-10-15(25-26-18)17-16(28)6-12(7-20-17)13-8-22-23-9-13;2*2-1-3/h6-10,14,24,28H,4-5,11H2,1-3H3,(H,22,23);2*1H,(H,2,3). The number of aromatic hydroxyl groups is 1. The molecule has 1 aliphatic rings. The molecule has 0 bridgehead atoms. The number of carbonyl (C=O) groups is 2. The Morgan fingerprint density at radius 2 is 1.79 bits per heavy atom. The van der Waals surface area contributed by atoms with Crippen LogP contribution in [0.3, 0.4) is 0 Å². The second kappa shape index (κ2) is 12.2. The quantitative estimate of drug-likeness (QED) is 0.343. The number of aromatic amines is 1. The molecule has 1 atom stereocenters. The number of pyridine rings is 1. The van der Waals surface area contributed by atoms with Gasteiger partial charge < -0.3 is 25.5 Å². The summed E-state index contributed by atoms with van der Waals surface area (Å²) in [6.07, 6.45) is 7.72. The molecule has 1 unspecified atom stereocenters. The van der Waals surface area contributed by atoms with E-state index in [0.29, 0.717) is 23.4 Å². The van der Waals surface area contributed by atoms with Crippen LogP contribution < -0.4 is 10.2 Å². The fourth-order valence-electron chi connectivity index (χ4n) is 3.41. The van der Waals surface area contributed by atoms with Gasteiger partial charge in [0, 0.05) is 48.2 Å². The zero-order valence-corrected chi connectivity index (χ0v) is 19.1. The smallest absolute Gasteiger partial charge is 0.290 e. The van der Waals surface area contributed by atoms with Crippen LogP contribution in [0, 0.1) is 0 Å². The van der Waals surface area contributed by atoms with Crippen molar-refractivity contribution in [3.8, 4) is 28.3 Å². The van der Waals surface area contributed by atoms with E-state index in [2.05, 4.69) is 61.4 Å². The molecule has 0 saturated carbocycles. The van der Waals surface area contributed by atoms with Crippen molar-refractivity contribution in [2.24, 2.45) is 0 Å². The molecule has 3 aromatic heterocycles. The predicted molar refractivity (Wildman–Crippen MR) is 123 cm³/mol. The number of aromatic nitrogens is 6. The molecule has 0 amide bonds. The van der Waals surface area contributed by atoms with E-state index in [1.165, 1.54) is 0 Å². The van der Waals surface area contributed by atoms with E-state index >= 15 is 0 Å². The Balaban J connectivity index is 0.000000618. The van der Waals surface area contributed by atoms with Gasteiger partial charge in [-0.05, 0) is 33.3 Å². The summed E-state index contributed by atoms with van der Waals surface area (Å²) in [6.45, 7) is 7.73. The first kappa shape index (κ1) is 26.1. The molecule has 1 fully saturated rings. The molecule has 4 heterocycles. The minimum atomic E-state index is -0.250. The van der Waals surface area contributed by atoms with E-state index in [9.17, 15) is 5.11 Å². The number of nitrogens with zero attached hydrogens (tertiary/aromatic N) is 6. The molecule has 1 saturated heterocycles. The molecule has 13 heteroatoms. The Kier molecular flexibility index (Phi) is 9.38. The minimum absolute atomic E-state index is 0.0261. The number of H-pyrrole nitrogens is 1. The van der Waals surface area contributed by atoms with Gasteiger partial charge in [-0.25, -0.2) is 9.97 Å². The maximum atomic E-state index is 10.4. The largest absolute Gasteiger partial charge is 0.506 e.